The van der Waals surface area contributed by atoms with Crippen LogP contribution < -0.4 is 5.73 Å². The molecule has 2 N–H and O–H groups in total. The number of amides is 1. The van der Waals surface area contributed by atoms with Crippen molar-refractivity contribution in [3.8, 4) is 0 Å². The lowest BCUT2D eigenvalue weighted by Gasteiger charge is -2.37. The van der Waals surface area contributed by atoms with E-state index in [-0.39, 0.29) is 5.91 Å². The van der Waals surface area contributed by atoms with E-state index in [0.717, 1.165) is 43.7 Å². The lowest BCUT2D eigenvalue weighted by Crippen LogP contribution is -2.52. The van der Waals surface area contributed by atoms with Crippen molar-refractivity contribution in [2.24, 2.45) is 5.73 Å². The lowest BCUT2D eigenvalue weighted by atomic mass is 10.0. The first-order valence-corrected chi connectivity index (χ1v) is 7.48. The van der Waals surface area contributed by atoms with Gasteiger partial charge in [-0.05, 0) is 25.0 Å². The van der Waals surface area contributed by atoms with E-state index in [1.54, 1.807) is 0 Å². The summed E-state index contributed by atoms with van der Waals surface area (Å²) in [4.78, 5) is 16.9. The van der Waals surface area contributed by atoms with Gasteiger partial charge >= 0.3 is 0 Å². The monoisotopic (exact) mass is 275 g/mol. The Bertz CT molecular complexity index is 453. The zero-order valence-electron chi connectivity index (χ0n) is 12.5. The van der Waals surface area contributed by atoms with Gasteiger partial charge in [-0.3, -0.25) is 9.69 Å². The van der Waals surface area contributed by atoms with E-state index in [0.29, 0.717) is 12.6 Å². The molecule has 1 fully saturated rings. The summed E-state index contributed by atoms with van der Waals surface area (Å²) >= 11 is 0. The molecule has 20 heavy (non-hydrogen) atoms. The van der Waals surface area contributed by atoms with Gasteiger partial charge in [0.2, 0.25) is 0 Å². The Morgan fingerprint density at radius 1 is 1.25 bits per heavy atom. The molecule has 0 radical (unpaired) electrons. The van der Waals surface area contributed by atoms with Crippen molar-refractivity contribution in [3.63, 3.8) is 0 Å². The Hall–Kier alpha value is -1.39. The van der Waals surface area contributed by atoms with Crippen molar-refractivity contribution in [2.45, 2.75) is 26.3 Å². The molecular formula is C16H25N3O. The number of benzene rings is 1. The lowest BCUT2D eigenvalue weighted by molar-refractivity contribution is 0.0588. The summed E-state index contributed by atoms with van der Waals surface area (Å²) in [5.74, 6) is 0.169. The Labute approximate surface area is 121 Å². The summed E-state index contributed by atoms with van der Waals surface area (Å²) in [6.07, 6.45) is 0.895. The van der Waals surface area contributed by atoms with E-state index in [9.17, 15) is 4.79 Å². The second-order valence-corrected chi connectivity index (χ2v) is 5.42. The number of aryl methyl sites for hydroxylation is 1. The SMILES string of the molecule is CCc1ccccc1C(=O)N1CCN(C(C)CN)CC1. The second kappa shape index (κ2) is 6.86. The number of carbonyl (C=O) groups excluding carboxylic acids is 1. The van der Waals surface area contributed by atoms with Crippen molar-refractivity contribution < 1.29 is 4.79 Å². The molecule has 0 saturated carbocycles. The summed E-state index contributed by atoms with van der Waals surface area (Å²) in [6.45, 7) is 8.32. The van der Waals surface area contributed by atoms with Gasteiger partial charge in [0, 0.05) is 44.3 Å². The van der Waals surface area contributed by atoms with E-state index in [1.165, 1.54) is 0 Å². The van der Waals surface area contributed by atoms with Gasteiger partial charge in [0.1, 0.15) is 0 Å². The van der Waals surface area contributed by atoms with Crippen LogP contribution >= 0.6 is 0 Å². The van der Waals surface area contributed by atoms with Crippen molar-refractivity contribution in [3.05, 3.63) is 35.4 Å². The van der Waals surface area contributed by atoms with Crippen molar-refractivity contribution in [2.75, 3.05) is 32.7 Å². The van der Waals surface area contributed by atoms with E-state index in [2.05, 4.69) is 18.7 Å². The molecule has 1 amide bonds. The molecule has 0 aliphatic carbocycles. The highest BCUT2D eigenvalue weighted by atomic mass is 16.2. The Balaban J connectivity index is 2.01. The fourth-order valence-corrected chi connectivity index (χ4v) is 2.72. The van der Waals surface area contributed by atoms with Crippen molar-refractivity contribution >= 4 is 5.91 Å². The first-order valence-electron chi connectivity index (χ1n) is 7.48. The van der Waals surface area contributed by atoms with Crippen LogP contribution in [0.1, 0.15) is 29.8 Å². The van der Waals surface area contributed by atoms with Crippen LogP contribution in [0, 0.1) is 0 Å². The smallest absolute Gasteiger partial charge is 0.254 e. The third-order valence-corrected chi connectivity index (χ3v) is 4.19. The van der Waals surface area contributed by atoms with Crippen LogP contribution in [-0.2, 0) is 6.42 Å². The summed E-state index contributed by atoms with van der Waals surface area (Å²) in [5.41, 5.74) is 7.70. The average molecular weight is 275 g/mol. The predicted molar refractivity (Wildman–Crippen MR) is 81.8 cm³/mol. The second-order valence-electron chi connectivity index (χ2n) is 5.42. The van der Waals surface area contributed by atoms with Gasteiger partial charge in [0.15, 0.2) is 0 Å². The summed E-state index contributed by atoms with van der Waals surface area (Å²) < 4.78 is 0. The number of nitrogens with two attached hydrogens (primary N) is 1. The van der Waals surface area contributed by atoms with Gasteiger partial charge in [0.25, 0.3) is 5.91 Å². The van der Waals surface area contributed by atoms with Crippen LogP contribution in [-0.4, -0.2) is 54.5 Å². The Kier molecular flexibility index (Phi) is 5.15. The third kappa shape index (κ3) is 3.19. The largest absolute Gasteiger partial charge is 0.336 e. The van der Waals surface area contributed by atoms with Gasteiger partial charge in [-0.2, -0.15) is 0 Å². The average Bonchev–Trinajstić information content (AvgIpc) is 2.53. The molecule has 2 rings (SSSR count). The maximum absolute atomic E-state index is 12.6. The quantitative estimate of drug-likeness (QED) is 0.902. The predicted octanol–water partition coefficient (Wildman–Crippen LogP) is 1.35. The van der Waals surface area contributed by atoms with Crippen LogP contribution in [0.2, 0.25) is 0 Å². The van der Waals surface area contributed by atoms with Crippen molar-refractivity contribution in [1.29, 1.82) is 0 Å². The molecule has 0 aromatic heterocycles. The van der Waals surface area contributed by atoms with Gasteiger partial charge in [-0.25, -0.2) is 0 Å². The first kappa shape index (κ1) is 15.0. The molecule has 4 nitrogen and oxygen atoms in total. The fourth-order valence-electron chi connectivity index (χ4n) is 2.72. The Morgan fingerprint density at radius 2 is 1.90 bits per heavy atom. The highest BCUT2D eigenvalue weighted by Gasteiger charge is 2.24. The number of piperazine rings is 1. The highest BCUT2D eigenvalue weighted by Crippen LogP contribution is 2.15. The summed E-state index contributed by atoms with van der Waals surface area (Å²) in [6, 6.07) is 8.32. The minimum atomic E-state index is 0.169. The zero-order valence-corrected chi connectivity index (χ0v) is 12.5. The minimum Gasteiger partial charge on any atom is -0.336 e. The number of hydrogen-bond donors (Lipinski definition) is 1. The molecule has 0 bridgehead atoms. The first-order chi connectivity index (χ1) is 9.67. The molecule has 110 valence electrons. The summed E-state index contributed by atoms with van der Waals surface area (Å²) in [7, 11) is 0. The van der Waals surface area contributed by atoms with Gasteiger partial charge in [-0.1, -0.05) is 25.1 Å². The molecule has 1 aliphatic heterocycles. The highest BCUT2D eigenvalue weighted by molar-refractivity contribution is 5.95. The number of nitrogens with zero attached hydrogens (tertiary/aromatic N) is 2. The maximum Gasteiger partial charge on any atom is 0.254 e. The molecule has 0 spiro atoms. The van der Waals surface area contributed by atoms with Gasteiger partial charge in [0.05, 0.1) is 0 Å². The van der Waals surface area contributed by atoms with Crippen LogP contribution in [0.5, 0.6) is 0 Å². The van der Waals surface area contributed by atoms with E-state index >= 15 is 0 Å². The number of hydrogen-bond acceptors (Lipinski definition) is 3. The van der Waals surface area contributed by atoms with Crippen molar-refractivity contribution in [1.82, 2.24) is 9.80 Å². The molecule has 4 heteroatoms. The van der Waals surface area contributed by atoms with Crippen LogP contribution in [0.25, 0.3) is 0 Å². The molecule has 1 heterocycles. The minimum absolute atomic E-state index is 0.169. The van der Waals surface area contributed by atoms with Gasteiger partial charge < -0.3 is 10.6 Å². The number of rotatable bonds is 4. The van der Waals surface area contributed by atoms with Crippen LogP contribution in [0.4, 0.5) is 0 Å². The third-order valence-electron chi connectivity index (χ3n) is 4.19. The zero-order chi connectivity index (χ0) is 14.5. The molecule has 1 unspecified atom stereocenters. The molecule has 1 atom stereocenters. The van der Waals surface area contributed by atoms with Crippen LogP contribution in [0.3, 0.4) is 0 Å². The molecular weight excluding hydrogens is 250 g/mol. The van der Waals surface area contributed by atoms with Gasteiger partial charge in [-0.15, -0.1) is 0 Å². The number of carbonyl (C=O) groups is 1. The van der Waals surface area contributed by atoms with E-state index in [4.69, 9.17) is 5.73 Å². The standard InChI is InChI=1S/C16H25N3O/c1-3-14-6-4-5-7-15(14)16(20)19-10-8-18(9-11-19)13(2)12-17/h4-7,13H,3,8-12,17H2,1-2H3. The van der Waals surface area contributed by atoms with E-state index < -0.39 is 0 Å². The normalized spacial score (nSPS) is 18.1. The van der Waals surface area contributed by atoms with Crippen LogP contribution in [0.15, 0.2) is 24.3 Å². The Morgan fingerprint density at radius 3 is 2.50 bits per heavy atom. The summed E-state index contributed by atoms with van der Waals surface area (Å²) in [5, 5.41) is 0. The molecule has 1 aliphatic rings. The molecule has 1 aromatic rings. The molecule has 1 aromatic carbocycles. The fraction of sp³-hybridized carbons (Fsp3) is 0.562. The maximum atomic E-state index is 12.6. The topological polar surface area (TPSA) is 49.6 Å². The van der Waals surface area contributed by atoms with E-state index in [1.807, 2.05) is 29.2 Å². The molecule has 1 saturated heterocycles.